The highest BCUT2D eigenvalue weighted by molar-refractivity contribution is 5.94. The third kappa shape index (κ3) is 4.01. The largest absolute Gasteiger partial charge is 0.349 e. The predicted molar refractivity (Wildman–Crippen MR) is 69.5 cm³/mol. The van der Waals surface area contributed by atoms with E-state index in [0.717, 1.165) is 31.4 Å². The summed E-state index contributed by atoms with van der Waals surface area (Å²) in [6.45, 7) is 3.97. The van der Waals surface area contributed by atoms with Crippen LogP contribution >= 0.6 is 0 Å². The number of nitro groups is 1. The first kappa shape index (κ1) is 15.1. The highest BCUT2D eigenvalue weighted by Gasteiger charge is 2.18. The minimum atomic E-state index is -0.999. The topological polar surface area (TPSA) is 72.2 Å². The Morgan fingerprint density at radius 2 is 2.16 bits per heavy atom. The molecule has 0 bridgehead atoms. The van der Waals surface area contributed by atoms with Crippen LogP contribution in [0.1, 0.15) is 43.5 Å². The molecule has 19 heavy (non-hydrogen) atoms. The van der Waals surface area contributed by atoms with Crippen LogP contribution in [0, 0.1) is 15.9 Å². The molecule has 0 saturated carbocycles. The predicted octanol–water partition coefficient (Wildman–Crippen LogP) is 3.04. The van der Waals surface area contributed by atoms with Gasteiger partial charge in [0.15, 0.2) is 0 Å². The van der Waals surface area contributed by atoms with E-state index in [9.17, 15) is 19.3 Å². The summed E-state index contributed by atoms with van der Waals surface area (Å²) >= 11 is 0. The first-order valence-corrected chi connectivity index (χ1v) is 6.24. The zero-order valence-electron chi connectivity index (χ0n) is 11.0. The minimum absolute atomic E-state index is 0.0377. The number of hydrogen-bond donors (Lipinski definition) is 1. The van der Waals surface area contributed by atoms with Crippen molar-refractivity contribution in [3.63, 3.8) is 0 Å². The average Bonchev–Trinajstić information content (AvgIpc) is 2.37. The van der Waals surface area contributed by atoms with Crippen molar-refractivity contribution in [3.8, 4) is 0 Å². The molecule has 6 heteroatoms. The van der Waals surface area contributed by atoms with Gasteiger partial charge >= 0.3 is 5.69 Å². The van der Waals surface area contributed by atoms with Gasteiger partial charge in [0.2, 0.25) is 5.82 Å². The number of nitrogens with one attached hydrogen (secondary N) is 1. The molecule has 5 nitrogen and oxygen atoms in total. The van der Waals surface area contributed by atoms with Gasteiger partial charge in [-0.3, -0.25) is 14.9 Å². The summed E-state index contributed by atoms with van der Waals surface area (Å²) in [5.41, 5.74) is -0.533. The smallest absolute Gasteiger partial charge is 0.304 e. The second kappa shape index (κ2) is 6.82. The third-order valence-corrected chi connectivity index (χ3v) is 2.87. The number of rotatable bonds is 6. The van der Waals surface area contributed by atoms with Gasteiger partial charge in [-0.25, -0.2) is 0 Å². The molecule has 0 aliphatic heterocycles. The van der Waals surface area contributed by atoms with Crippen LogP contribution in [0.5, 0.6) is 0 Å². The molecule has 0 spiro atoms. The number of amides is 1. The second-order valence-electron chi connectivity index (χ2n) is 4.29. The van der Waals surface area contributed by atoms with Crippen LogP contribution in [-0.2, 0) is 0 Å². The first-order chi connectivity index (χ1) is 8.99. The Morgan fingerprint density at radius 3 is 2.63 bits per heavy atom. The highest BCUT2D eigenvalue weighted by Crippen LogP contribution is 2.18. The van der Waals surface area contributed by atoms with Gasteiger partial charge in [0.05, 0.1) is 4.92 Å². The van der Waals surface area contributed by atoms with Gasteiger partial charge in [-0.15, -0.1) is 0 Å². The molecule has 1 aromatic carbocycles. The zero-order valence-corrected chi connectivity index (χ0v) is 11.0. The number of nitro benzene ring substituents is 1. The lowest BCUT2D eigenvalue weighted by Crippen LogP contribution is -2.34. The van der Waals surface area contributed by atoms with Crippen LogP contribution in [0.3, 0.4) is 0 Å². The maximum atomic E-state index is 13.4. The van der Waals surface area contributed by atoms with Crippen molar-refractivity contribution in [1.82, 2.24) is 5.32 Å². The fraction of sp³-hybridized carbons (Fsp3) is 0.462. The molecule has 0 aliphatic rings. The number of benzene rings is 1. The van der Waals surface area contributed by atoms with Crippen LogP contribution in [0.4, 0.5) is 10.1 Å². The highest BCUT2D eigenvalue weighted by atomic mass is 19.1. The van der Waals surface area contributed by atoms with E-state index >= 15 is 0 Å². The maximum absolute atomic E-state index is 13.4. The Hall–Kier alpha value is -1.98. The Kier molecular flexibility index (Phi) is 5.41. The van der Waals surface area contributed by atoms with Gasteiger partial charge in [-0.05, 0) is 25.0 Å². The summed E-state index contributed by atoms with van der Waals surface area (Å²) in [5, 5.41) is 13.3. The van der Waals surface area contributed by atoms with Crippen molar-refractivity contribution in [2.75, 3.05) is 0 Å². The van der Waals surface area contributed by atoms with Crippen molar-refractivity contribution in [3.05, 3.63) is 39.7 Å². The summed E-state index contributed by atoms with van der Waals surface area (Å²) in [6, 6.07) is 3.20. The van der Waals surface area contributed by atoms with E-state index < -0.39 is 22.3 Å². The van der Waals surface area contributed by atoms with Crippen molar-refractivity contribution < 1.29 is 14.1 Å². The van der Waals surface area contributed by atoms with Gasteiger partial charge in [-0.1, -0.05) is 20.3 Å². The summed E-state index contributed by atoms with van der Waals surface area (Å²) in [6.07, 6.45) is 2.57. The number of hydrogen-bond acceptors (Lipinski definition) is 3. The van der Waals surface area contributed by atoms with E-state index in [1.165, 1.54) is 6.07 Å². The van der Waals surface area contributed by atoms with Gasteiger partial charge < -0.3 is 5.32 Å². The maximum Gasteiger partial charge on any atom is 0.304 e. The number of halogens is 1. The molecule has 1 amide bonds. The molecule has 1 rings (SSSR count). The lowest BCUT2D eigenvalue weighted by atomic mass is 10.1. The average molecular weight is 268 g/mol. The standard InChI is InChI=1S/C13H17FN2O3/c1-3-5-10(4-2)15-13(17)9-6-7-12(16(18)19)11(14)8-9/h6-8,10H,3-5H2,1-2H3,(H,15,17). The van der Waals surface area contributed by atoms with Crippen LogP contribution < -0.4 is 5.32 Å². The fourth-order valence-corrected chi connectivity index (χ4v) is 1.79. The Balaban J connectivity index is 2.83. The van der Waals surface area contributed by atoms with Gasteiger partial charge in [0, 0.05) is 17.7 Å². The van der Waals surface area contributed by atoms with Crippen molar-refractivity contribution >= 4 is 11.6 Å². The van der Waals surface area contributed by atoms with Crippen LogP contribution in [0.25, 0.3) is 0 Å². The summed E-state index contributed by atoms with van der Waals surface area (Å²) in [5.74, 6) is -1.41. The summed E-state index contributed by atoms with van der Waals surface area (Å²) < 4.78 is 13.4. The second-order valence-corrected chi connectivity index (χ2v) is 4.29. The van der Waals surface area contributed by atoms with E-state index in [1.54, 1.807) is 0 Å². The molecule has 104 valence electrons. The molecule has 0 aromatic heterocycles. The molecule has 0 aliphatic carbocycles. The zero-order chi connectivity index (χ0) is 14.4. The van der Waals surface area contributed by atoms with Gasteiger partial charge in [-0.2, -0.15) is 4.39 Å². The SMILES string of the molecule is CCCC(CC)NC(=O)c1ccc([N+](=O)[O-])c(F)c1. The Labute approximate surface area is 111 Å². The van der Waals surface area contributed by atoms with Crippen LogP contribution in [0.2, 0.25) is 0 Å². The molecular formula is C13H17FN2O3. The lowest BCUT2D eigenvalue weighted by molar-refractivity contribution is -0.387. The Morgan fingerprint density at radius 1 is 1.47 bits per heavy atom. The molecule has 1 N–H and O–H groups in total. The van der Waals surface area contributed by atoms with E-state index in [2.05, 4.69) is 5.32 Å². The number of nitrogens with zero attached hydrogens (tertiary/aromatic N) is 1. The van der Waals surface area contributed by atoms with E-state index in [0.29, 0.717) is 0 Å². The molecule has 0 saturated heterocycles. The molecule has 1 aromatic rings. The van der Waals surface area contributed by atoms with Crippen molar-refractivity contribution in [2.24, 2.45) is 0 Å². The van der Waals surface area contributed by atoms with Crippen LogP contribution in [-0.4, -0.2) is 16.9 Å². The minimum Gasteiger partial charge on any atom is -0.349 e. The summed E-state index contributed by atoms with van der Waals surface area (Å²) in [7, 11) is 0. The van der Waals surface area contributed by atoms with Crippen molar-refractivity contribution in [2.45, 2.75) is 39.2 Å². The third-order valence-electron chi connectivity index (χ3n) is 2.87. The van der Waals surface area contributed by atoms with Crippen molar-refractivity contribution in [1.29, 1.82) is 0 Å². The monoisotopic (exact) mass is 268 g/mol. The van der Waals surface area contributed by atoms with E-state index in [1.807, 2.05) is 13.8 Å². The quantitative estimate of drug-likeness (QED) is 0.636. The van der Waals surface area contributed by atoms with Gasteiger partial charge in [0.25, 0.3) is 5.91 Å². The molecule has 0 fully saturated rings. The molecule has 1 atom stereocenters. The Bertz CT molecular complexity index is 477. The number of carbonyl (C=O) groups excluding carboxylic acids is 1. The fourth-order valence-electron chi connectivity index (χ4n) is 1.79. The molecule has 0 radical (unpaired) electrons. The lowest BCUT2D eigenvalue weighted by Gasteiger charge is -2.15. The van der Waals surface area contributed by atoms with E-state index in [4.69, 9.17) is 0 Å². The molecule has 1 unspecified atom stereocenters. The normalized spacial score (nSPS) is 11.9. The van der Waals surface area contributed by atoms with E-state index in [-0.39, 0.29) is 11.6 Å². The van der Waals surface area contributed by atoms with Gasteiger partial charge in [0.1, 0.15) is 0 Å². The number of carbonyl (C=O) groups is 1. The van der Waals surface area contributed by atoms with Crippen LogP contribution in [0.15, 0.2) is 18.2 Å². The molecular weight excluding hydrogens is 251 g/mol. The summed E-state index contributed by atoms with van der Waals surface area (Å²) in [4.78, 5) is 21.5. The first-order valence-electron chi connectivity index (χ1n) is 6.24. The molecule has 0 heterocycles.